The van der Waals surface area contributed by atoms with Crippen LogP contribution in [0.5, 0.6) is 0 Å². The van der Waals surface area contributed by atoms with Crippen molar-refractivity contribution in [1.29, 1.82) is 0 Å². The molecule has 0 N–H and O–H groups in total. The van der Waals surface area contributed by atoms with E-state index in [0.717, 1.165) is 48.6 Å². The van der Waals surface area contributed by atoms with Gasteiger partial charge in [0.2, 0.25) is 0 Å². The van der Waals surface area contributed by atoms with Crippen molar-refractivity contribution in [3.8, 4) is 5.69 Å². The van der Waals surface area contributed by atoms with E-state index in [-0.39, 0.29) is 11.9 Å². The van der Waals surface area contributed by atoms with Crippen LogP contribution in [0.25, 0.3) is 5.69 Å². The molecule has 4 rings (SSSR count). The van der Waals surface area contributed by atoms with Crippen LogP contribution in [0, 0.1) is 13.8 Å². The van der Waals surface area contributed by atoms with Gasteiger partial charge in [-0.3, -0.25) is 9.48 Å². The van der Waals surface area contributed by atoms with Crippen LogP contribution in [-0.4, -0.2) is 43.0 Å². The van der Waals surface area contributed by atoms with Crippen molar-refractivity contribution in [3.63, 3.8) is 0 Å². The van der Waals surface area contributed by atoms with Gasteiger partial charge >= 0.3 is 0 Å². The monoisotopic (exact) mass is 349 g/mol. The number of carbonyl (C=O) groups is 1. The molecule has 0 saturated carbocycles. The predicted octanol–water partition coefficient (Wildman–Crippen LogP) is 2.99. The van der Waals surface area contributed by atoms with E-state index in [1.165, 1.54) is 0 Å². The van der Waals surface area contributed by atoms with Crippen LogP contribution in [0.15, 0.2) is 48.8 Å². The number of rotatable bonds is 4. The highest BCUT2D eigenvalue weighted by Gasteiger charge is 2.29. The zero-order valence-corrected chi connectivity index (χ0v) is 15.2. The number of likely N-dealkylation sites (tertiary alicyclic amines) is 1. The number of carbonyl (C=O) groups excluding carboxylic acids is 1. The van der Waals surface area contributed by atoms with Crippen molar-refractivity contribution in [3.05, 3.63) is 65.7 Å². The number of hydrogen-bond donors (Lipinski definition) is 0. The summed E-state index contributed by atoms with van der Waals surface area (Å²) in [5, 5.41) is 8.77. The van der Waals surface area contributed by atoms with Crippen molar-refractivity contribution in [2.75, 3.05) is 6.54 Å². The van der Waals surface area contributed by atoms with Crippen molar-refractivity contribution in [1.82, 2.24) is 24.5 Å². The summed E-state index contributed by atoms with van der Waals surface area (Å²) in [5.74, 6) is 0.0968. The van der Waals surface area contributed by atoms with Gasteiger partial charge in [0.05, 0.1) is 24.0 Å². The van der Waals surface area contributed by atoms with E-state index < -0.39 is 0 Å². The molecule has 2 aromatic heterocycles. The molecule has 0 bridgehead atoms. The van der Waals surface area contributed by atoms with E-state index in [4.69, 9.17) is 0 Å². The maximum atomic E-state index is 13.0. The standard InChI is InChI=1S/C20H23N5O/c1-15-13-16(2)25(22-15)18-8-6-17(7-9-18)20(26)24-12-3-5-19(24)14-23-11-4-10-21-23/h4,6-11,13,19H,3,5,12,14H2,1-2H3/t19-/m0/s1. The molecular formula is C20H23N5O. The summed E-state index contributed by atoms with van der Waals surface area (Å²) in [5.41, 5.74) is 3.77. The summed E-state index contributed by atoms with van der Waals surface area (Å²) in [6, 6.07) is 11.9. The highest BCUT2D eigenvalue weighted by atomic mass is 16.2. The first-order chi connectivity index (χ1) is 12.6. The van der Waals surface area contributed by atoms with Crippen LogP contribution in [0.4, 0.5) is 0 Å². The molecule has 1 atom stereocenters. The molecule has 1 fully saturated rings. The molecule has 1 saturated heterocycles. The number of aryl methyl sites for hydroxylation is 2. The zero-order chi connectivity index (χ0) is 18.1. The molecule has 1 aliphatic heterocycles. The second-order valence-corrected chi connectivity index (χ2v) is 6.91. The molecule has 3 heterocycles. The van der Waals surface area contributed by atoms with Gasteiger partial charge in [-0.25, -0.2) is 4.68 Å². The van der Waals surface area contributed by atoms with Gasteiger partial charge in [-0.15, -0.1) is 0 Å². The van der Waals surface area contributed by atoms with E-state index >= 15 is 0 Å². The summed E-state index contributed by atoms with van der Waals surface area (Å²) in [6.45, 7) is 5.57. The Morgan fingerprint density at radius 3 is 2.69 bits per heavy atom. The fourth-order valence-electron chi connectivity index (χ4n) is 3.72. The van der Waals surface area contributed by atoms with Gasteiger partial charge < -0.3 is 4.90 Å². The predicted molar refractivity (Wildman–Crippen MR) is 99.3 cm³/mol. The first-order valence-electron chi connectivity index (χ1n) is 9.04. The number of nitrogens with zero attached hydrogens (tertiary/aromatic N) is 5. The van der Waals surface area contributed by atoms with E-state index in [9.17, 15) is 4.79 Å². The van der Waals surface area contributed by atoms with Crippen LogP contribution in [-0.2, 0) is 6.54 Å². The highest BCUT2D eigenvalue weighted by Crippen LogP contribution is 2.22. The van der Waals surface area contributed by atoms with Crippen molar-refractivity contribution in [2.24, 2.45) is 0 Å². The number of hydrogen-bond acceptors (Lipinski definition) is 3. The Labute approximate surface area is 153 Å². The quantitative estimate of drug-likeness (QED) is 0.728. The SMILES string of the molecule is Cc1cc(C)n(-c2ccc(C(=O)N3CCC[C@H]3Cn3cccn3)cc2)n1. The van der Waals surface area contributed by atoms with Crippen LogP contribution in [0.3, 0.4) is 0 Å². The third kappa shape index (κ3) is 3.14. The highest BCUT2D eigenvalue weighted by molar-refractivity contribution is 5.94. The van der Waals surface area contributed by atoms with Crippen LogP contribution in [0.2, 0.25) is 0 Å². The molecule has 26 heavy (non-hydrogen) atoms. The van der Waals surface area contributed by atoms with Crippen molar-refractivity contribution >= 4 is 5.91 Å². The Morgan fingerprint density at radius 2 is 2.04 bits per heavy atom. The third-order valence-electron chi connectivity index (χ3n) is 4.96. The molecular weight excluding hydrogens is 326 g/mol. The van der Waals surface area contributed by atoms with Crippen LogP contribution in [0.1, 0.15) is 34.6 Å². The number of aromatic nitrogens is 4. The Morgan fingerprint density at radius 1 is 1.23 bits per heavy atom. The lowest BCUT2D eigenvalue weighted by molar-refractivity contribution is 0.0721. The Balaban J connectivity index is 1.51. The average Bonchev–Trinajstić information content (AvgIpc) is 3.37. The Hall–Kier alpha value is -2.89. The first kappa shape index (κ1) is 16.6. The third-order valence-corrected chi connectivity index (χ3v) is 4.96. The summed E-state index contributed by atoms with van der Waals surface area (Å²) in [4.78, 5) is 15.0. The zero-order valence-electron chi connectivity index (χ0n) is 15.2. The fourth-order valence-corrected chi connectivity index (χ4v) is 3.72. The lowest BCUT2D eigenvalue weighted by atomic mass is 10.1. The minimum absolute atomic E-state index is 0.0968. The topological polar surface area (TPSA) is 56.0 Å². The Bertz CT molecular complexity index is 895. The van der Waals surface area contributed by atoms with Gasteiger partial charge in [0.1, 0.15) is 0 Å². The minimum atomic E-state index is 0.0968. The maximum absolute atomic E-state index is 13.0. The largest absolute Gasteiger partial charge is 0.334 e. The molecule has 0 aliphatic carbocycles. The van der Waals surface area contributed by atoms with Gasteiger partial charge in [-0.2, -0.15) is 10.2 Å². The molecule has 134 valence electrons. The van der Waals surface area contributed by atoms with Gasteiger partial charge in [0.15, 0.2) is 0 Å². The normalized spacial score (nSPS) is 17.0. The minimum Gasteiger partial charge on any atom is -0.334 e. The summed E-state index contributed by atoms with van der Waals surface area (Å²) >= 11 is 0. The summed E-state index contributed by atoms with van der Waals surface area (Å²) < 4.78 is 3.81. The maximum Gasteiger partial charge on any atom is 0.254 e. The Kier molecular flexibility index (Phi) is 4.32. The molecule has 0 radical (unpaired) electrons. The van der Waals surface area contributed by atoms with Gasteiger partial charge in [-0.05, 0) is 63.1 Å². The summed E-state index contributed by atoms with van der Waals surface area (Å²) in [7, 11) is 0. The molecule has 6 nitrogen and oxygen atoms in total. The van der Waals surface area contributed by atoms with Gasteiger partial charge in [0, 0.05) is 30.2 Å². The smallest absolute Gasteiger partial charge is 0.254 e. The van der Waals surface area contributed by atoms with E-state index in [2.05, 4.69) is 10.2 Å². The van der Waals surface area contributed by atoms with Crippen LogP contribution >= 0.6 is 0 Å². The molecule has 0 unspecified atom stereocenters. The van der Waals surface area contributed by atoms with Crippen LogP contribution < -0.4 is 0 Å². The molecule has 1 amide bonds. The van der Waals surface area contributed by atoms with Gasteiger partial charge in [0.25, 0.3) is 5.91 Å². The fraction of sp³-hybridized carbons (Fsp3) is 0.350. The van der Waals surface area contributed by atoms with Gasteiger partial charge in [-0.1, -0.05) is 0 Å². The molecule has 1 aromatic carbocycles. The molecule has 3 aromatic rings. The number of benzene rings is 1. The second kappa shape index (κ2) is 6.78. The van der Waals surface area contributed by atoms with E-state index in [0.29, 0.717) is 0 Å². The number of amides is 1. The molecule has 6 heteroatoms. The lowest BCUT2D eigenvalue weighted by Gasteiger charge is -2.25. The van der Waals surface area contributed by atoms with E-state index in [1.54, 1.807) is 6.20 Å². The second-order valence-electron chi connectivity index (χ2n) is 6.91. The lowest BCUT2D eigenvalue weighted by Crippen LogP contribution is -2.38. The summed E-state index contributed by atoms with van der Waals surface area (Å²) in [6.07, 6.45) is 5.79. The molecule has 0 spiro atoms. The van der Waals surface area contributed by atoms with Crippen molar-refractivity contribution < 1.29 is 4.79 Å². The average molecular weight is 349 g/mol. The first-order valence-corrected chi connectivity index (χ1v) is 9.04. The van der Waals surface area contributed by atoms with E-state index in [1.807, 2.05) is 70.7 Å². The molecule has 1 aliphatic rings. The van der Waals surface area contributed by atoms with Crippen molar-refractivity contribution in [2.45, 2.75) is 39.3 Å².